The molecule has 0 amide bonds. The zero-order valence-corrected chi connectivity index (χ0v) is 16.4. The van der Waals surface area contributed by atoms with Crippen LogP contribution in [-0.4, -0.2) is 32.9 Å². The normalized spacial score (nSPS) is 18.6. The summed E-state index contributed by atoms with van der Waals surface area (Å²) >= 11 is 0. The molecule has 1 fully saturated rings. The third-order valence-corrected chi connectivity index (χ3v) is 9.83. The van der Waals surface area contributed by atoms with Gasteiger partial charge in [0.15, 0.2) is 5.78 Å². The predicted molar refractivity (Wildman–Crippen MR) is 103 cm³/mol. The van der Waals surface area contributed by atoms with Crippen molar-refractivity contribution in [2.24, 2.45) is 0 Å². The van der Waals surface area contributed by atoms with Crippen LogP contribution in [0.1, 0.15) is 27.7 Å². The van der Waals surface area contributed by atoms with Crippen LogP contribution in [0.3, 0.4) is 0 Å². The fourth-order valence-electron chi connectivity index (χ4n) is 3.53. The summed E-state index contributed by atoms with van der Waals surface area (Å²) in [6.07, 6.45) is -0.620. The van der Waals surface area contributed by atoms with Gasteiger partial charge in [0, 0.05) is 0 Å². The molecule has 0 N–H and O–H groups in total. The molecular weight excluding hydrogens is 328 g/mol. The number of ketones is 1. The number of epoxide rings is 1. The highest BCUT2D eigenvalue weighted by atomic mass is 28.4. The van der Waals surface area contributed by atoms with E-state index in [4.69, 9.17) is 9.16 Å². The minimum atomic E-state index is -2.70. The number of ether oxygens (including phenoxy) is 1. The molecule has 1 heterocycles. The highest BCUT2D eigenvalue weighted by Gasteiger charge is 2.54. The Morgan fingerprint density at radius 1 is 1.04 bits per heavy atom. The average molecular weight is 355 g/mol. The molecule has 2 aromatic carbocycles. The standard InChI is InChI=1S/C21H26O3Si/c1-16(22)20(19-15-23-19)24-25(21(2,3)4,17-11-7-5-8-12-17)18-13-9-6-10-14-18/h5-14,19-20H,15H2,1-4H3/t19-,20+/m0/s1. The van der Waals surface area contributed by atoms with E-state index in [1.807, 2.05) is 36.4 Å². The number of carbonyl (C=O) groups excluding carboxylic acids is 1. The van der Waals surface area contributed by atoms with Gasteiger partial charge < -0.3 is 9.16 Å². The monoisotopic (exact) mass is 354 g/mol. The molecule has 2 aromatic rings. The quantitative estimate of drug-likeness (QED) is 0.591. The number of Topliss-reactive ketones (excluding diaryl/α,β-unsaturated/α-hetero) is 1. The van der Waals surface area contributed by atoms with E-state index in [9.17, 15) is 4.79 Å². The molecule has 0 radical (unpaired) electrons. The summed E-state index contributed by atoms with van der Waals surface area (Å²) in [5.41, 5.74) is 0. The molecule has 3 rings (SSSR count). The zero-order valence-electron chi connectivity index (χ0n) is 15.4. The molecule has 132 valence electrons. The third kappa shape index (κ3) is 3.47. The number of hydrogen-bond acceptors (Lipinski definition) is 3. The zero-order chi connectivity index (χ0) is 18.1. The highest BCUT2D eigenvalue weighted by Crippen LogP contribution is 2.38. The SMILES string of the molecule is CC(=O)[C@@H](O[Si](c1ccccc1)(c1ccccc1)C(C)(C)C)[C@@H]1CO1. The molecule has 4 heteroatoms. The largest absolute Gasteiger partial charge is 0.395 e. The fraction of sp³-hybridized carbons (Fsp3) is 0.381. The predicted octanol–water partition coefficient (Wildman–Crippen LogP) is 2.92. The summed E-state index contributed by atoms with van der Waals surface area (Å²) in [7, 11) is -2.70. The highest BCUT2D eigenvalue weighted by molar-refractivity contribution is 6.99. The molecule has 2 atom stereocenters. The lowest BCUT2D eigenvalue weighted by Gasteiger charge is -2.44. The molecule has 0 saturated carbocycles. The van der Waals surface area contributed by atoms with Gasteiger partial charge in [0.2, 0.25) is 0 Å². The van der Waals surface area contributed by atoms with Crippen molar-refractivity contribution in [2.45, 2.75) is 44.9 Å². The van der Waals surface area contributed by atoms with E-state index in [-0.39, 0.29) is 16.9 Å². The van der Waals surface area contributed by atoms with Crippen LogP contribution in [0.2, 0.25) is 5.04 Å². The van der Waals surface area contributed by atoms with Gasteiger partial charge in [-0.1, -0.05) is 81.4 Å². The van der Waals surface area contributed by atoms with E-state index in [0.717, 1.165) is 0 Å². The number of hydrogen-bond donors (Lipinski definition) is 0. The summed E-state index contributed by atoms with van der Waals surface area (Å²) in [6, 6.07) is 20.8. The molecule has 0 aromatic heterocycles. The van der Waals surface area contributed by atoms with Crippen LogP contribution in [0, 0.1) is 0 Å². The van der Waals surface area contributed by atoms with E-state index < -0.39 is 14.4 Å². The van der Waals surface area contributed by atoms with Gasteiger partial charge in [-0.15, -0.1) is 0 Å². The lowest BCUT2D eigenvalue weighted by molar-refractivity contribution is -0.124. The molecule has 0 aliphatic carbocycles. The molecular formula is C21H26O3Si. The van der Waals surface area contributed by atoms with Gasteiger partial charge in [0.1, 0.15) is 12.2 Å². The van der Waals surface area contributed by atoms with E-state index in [2.05, 4.69) is 45.0 Å². The van der Waals surface area contributed by atoms with E-state index in [0.29, 0.717) is 6.61 Å². The molecule has 25 heavy (non-hydrogen) atoms. The average Bonchev–Trinajstić information content (AvgIpc) is 3.41. The lowest BCUT2D eigenvalue weighted by atomic mass is 10.2. The van der Waals surface area contributed by atoms with Crippen LogP contribution in [-0.2, 0) is 14.0 Å². The van der Waals surface area contributed by atoms with Crippen molar-refractivity contribution in [3.05, 3.63) is 60.7 Å². The van der Waals surface area contributed by atoms with E-state index in [1.165, 1.54) is 10.4 Å². The van der Waals surface area contributed by atoms with Crippen LogP contribution in [0.15, 0.2) is 60.7 Å². The summed E-state index contributed by atoms with van der Waals surface area (Å²) in [4.78, 5) is 12.3. The smallest absolute Gasteiger partial charge is 0.262 e. The van der Waals surface area contributed by atoms with Crippen molar-refractivity contribution < 1.29 is 14.0 Å². The Bertz CT molecular complexity index is 678. The Morgan fingerprint density at radius 3 is 1.80 bits per heavy atom. The van der Waals surface area contributed by atoms with Crippen molar-refractivity contribution in [3.8, 4) is 0 Å². The summed E-state index contributed by atoms with van der Waals surface area (Å²) < 4.78 is 12.3. The Balaban J connectivity index is 2.20. The van der Waals surface area contributed by atoms with Crippen molar-refractivity contribution in [2.75, 3.05) is 6.61 Å². The topological polar surface area (TPSA) is 38.8 Å². The van der Waals surface area contributed by atoms with Gasteiger partial charge >= 0.3 is 0 Å². The molecule has 0 bridgehead atoms. The minimum Gasteiger partial charge on any atom is -0.395 e. The number of rotatable bonds is 6. The lowest BCUT2D eigenvalue weighted by Crippen LogP contribution is -2.68. The number of benzene rings is 2. The van der Waals surface area contributed by atoms with E-state index >= 15 is 0 Å². The summed E-state index contributed by atoms with van der Waals surface area (Å²) in [5, 5.41) is 2.22. The molecule has 1 aliphatic heterocycles. The maximum Gasteiger partial charge on any atom is 0.262 e. The Kier molecular flexibility index (Phi) is 4.96. The van der Waals surface area contributed by atoms with Gasteiger partial charge in [0.05, 0.1) is 6.61 Å². The van der Waals surface area contributed by atoms with Crippen molar-refractivity contribution in [1.82, 2.24) is 0 Å². The van der Waals surface area contributed by atoms with Gasteiger partial charge in [0.25, 0.3) is 8.32 Å². The molecule has 3 nitrogen and oxygen atoms in total. The maximum atomic E-state index is 12.3. The second-order valence-corrected chi connectivity index (χ2v) is 11.9. The van der Waals surface area contributed by atoms with Crippen LogP contribution < -0.4 is 10.4 Å². The molecule has 0 spiro atoms. The third-order valence-electron chi connectivity index (χ3n) is 4.82. The van der Waals surface area contributed by atoms with Crippen molar-refractivity contribution in [1.29, 1.82) is 0 Å². The van der Waals surface area contributed by atoms with Gasteiger partial charge in [-0.2, -0.15) is 0 Å². The first kappa shape index (κ1) is 18.1. The van der Waals surface area contributed by atoms with Crippen molar-refractivity contribution >= 4 is 24.5 Å². The minimum absolute atomic E-state index is 0.0375. The number of carbonyl (C=O) groups is 1. The first-order chi connectivity index (χ1) is 11.9. The van der Waals surface area contributed by atoms with Crippen LogP contribution in [0.4, 0.5) is 0 Å². The second kappa shape index (κ2) is 6.87. The van der Waals surface area contributed by atoms with Gasteiger partial charge in [-0.05, 0) is 22.3 Å². The maximum absolute atomic E-state index is 12.3. The second-order valence-electron chi connectivity index (χ2n) is 7.68. The molecule has 1 saturated heterocycles. The molecule has 1 aliphatic rings. The summed E-state index contributed by atoms with van der Waals surface area (Å²) in [5.74, 6) is 0.0375. The van der Waals surface area contributed by atoms with Gasteiger partial charge in [-0.3, -0.25) is 4.79 Å². The van der Waals surface area contributed by atoms with Crippen LogP contribution >= 0.6 is 0 Å². The first-order valence-electron chi connectivity index (χ1n) is 8.77. The van der Waals surface area contributed by atoms with Crippen LogP contribution in [0.5, 0.6) is 0 Å². The van der Waals surface area contributed by atoms with Gasteiger partial charge in [-0.25, -0.2) is 0 Å². The first-order valence-corrected chi connectivity index (χ1v) is 10.7. The Morgan fingerprint density at radius 2 is 1.48 bits per heavy atom. The Hall–Kier alpha value is -1.75. The van der Waals surface area contributed by atoms with Crippen LogP contribution in [0.25, 0.3) is 0 Å². The fourth-order valence-corrected chi connectivity index (χ4v) is 8.25. The summed E-state index contributed by atoms with van der Waals surface area (Å²) in [6.45, 7) is 8.84. The van der Waals surface area contributed by atoms with Crippen molar-refractivity contribution in [3.63, 3.8) is 0 Å². The Labute approximate surface area is 151 Å². The van der Waals surface area contributed by atoms with E-state index in [1.54, 1.807) is 6.92 Å². The molecule has 0 unspecified atom stereocenters.